The molecular weight excluding hydrogens is 222 g/mol. The second kappa shape index (κ2) is 5.32. The molecule has 1 aromatic heterocycles. The van der Waals surface area contributed by atoms with Crippen molar-refractivity contribution in [1.29, 1.82) is 0 Å². The minimum Gasteiger partial charge on any atom is -0.348 e. The van der Waals surface area contributed by atoms with Crippen molar-refractivity contribution in [2.75, 3.05) is 11.6 Å². The Kier molecular flexibility index (Phi) is 3.79. The van der Waals surface area contributed by atoms with Crippen LogP contribution >= 0.6 is 11.8 Å². The van der Waals surface area contributed by atoms with E-state index in [1.807, 2.05) is 19.1 Å². The number of nitrogens with zero attached hydrogens (tertiary/aromatic N) is 1. The first kappa shape index (κ1) is 11.4. The van der Waals surface area contributed by atoms with Crippen LogP contribution in [0.25, 0.3) is 0 Å². The van der Waals surface area contributed by atoms with E-state index < -0.39 is 0 Å². The summed E-state index contributed by atoms with van der Waals surface area (Å²) in [6.45, 7) is 1.98. The van der Waals surface area contributed by atoms with E-state index in [0.717, 1.165) is 17.2 Å². The van der Waals surface area contributed by atoms with Gasteiger partial charge in [-0.3, -0.25) is 15.1 Å². The Bertz CT molecular complexity index is 352. The van der Waals surface area contributed by atoms with Gasteiger partial charge >= 0.3 is 0 Å². The minimum absolute atomic E-state index is 0.0305. The number of carbonyl (C=O) groups is 1. The van der Waals surface area contributed by atoms with Gasteiger partial charge in [0.25, 0.3) is 0 Å². The number of rotatable bonds is 3. The van der Waals surface area contributed by atoms with E-state index in [-0.39, 0.29) is 18.0 Å². The molecular formula is C11H15N3OS. The van der Waals surface area contributed by atoms with Gasteiger partial charge in [-0.05, 0) is 24.6 Å². The summed E-state index contributed by atoms with van der Waals surface area (Å²) in [6.07, 6.45) is 3.48. The molecule has 2 N–H and O–H groups in total. The predicted molar refractivity (Wildman–Crippen MR) is 65.0 cm³/mol. The maximum Gasteiger partial charge on any atom is 0.238 e. The molecule has 0 saturated carbocycles. The number of thioether (sulfide) groups is 1. The van der Waals surface area contributed by atoms with E-state index in [0.29, 0.717) is 0 Å². The third-order valence-corrected chi connectivity index (χ3v) is 3.54. The van der Waals surface area contributed by atoms with Crippen LogP contribution in [0.3, 0.4) is 0 Å². The Balaban J connectivity index is 1.92. The van der Waals surface area contributed by atoms with Crippen LogP contribution in [-0.2, 0) is 4.79 Å². The molecule has 2 rings (SSSR count). The van der Waals surface area contributed by atoms with Crippen LogP contribution in [0.4, 0.5) is 0 Å². The molecule has 1 amide bonds. The zero-order valence-electron chi connectivity index (χ0n) is 9.14. The maximum absolute atomic E-state index is 11.8. The van der Waals surface area contributed by atoms with Gasteiger partial charge in [0.2, 0.25) is 5.91 Å². The third-order valence-electron chi connectivity index (χ3n) is 2.60. The molecule has 0 aromatic carbocycles. The quantitative estimate of drug-likeness (QED) is 0.821. The van der Waals surface area contributed by atoms with E-state index in [2.05, 4.69) is 15.6 Å². The molecule has 1 aliphatic heterocycles. The highest BCUT2D eigenvalue weighted by molar-refractivity contribution is 7.99. The minimum atomic E-state index is -0.0470. The monoisotopic (exact) mass is 237 g/mol. The van der Waals surface area contributed by atoms with Crippen LogP contribution in [0.2, 0.25) is 0 Å². The van der Waals surface area contributed by atoms with Gasteiger partial charge in [-0.2, -0.15) is 0 Å². The Hall–Kier alpha value is -1.07. The second-order valence-electron chi connectivity index (χ2n) is 3.78. The lowest BCUT2D eigenvalue weighted by Crippen LogP contribution is -2.42. The molecule has 86 valence electrons. The SMILES string of the molecule is CC(NC(=O)C1CSCN1)c1ccncc1. The summed E-state index contributed by atoms with van der Waals surface area (Å²) in [5.41, 5.74) is 1.08. The Morgan fingerprint density at radius 2 is 2.38 bits per heavy atom. The van der Waals surface area contributed by atoms with E-state index in [1.54, 1.807) is 24.2 Å². The lowest BCUT2D eigenvalue weighted by molar-refractivity contribution is -0.123. The summed E-state index contributed by atoms with van der Waals surface area (Å²) in [7, 11) is 0. The van der Waals surface area contributed by atoms with Crippen molar-refractivity contribution >= 4 is 17.7 Å². The molecule has 5 heteroatoms. The Labute approximate surface area is 99.2 Å². The van der Waals surface area contributed by atoms with Crippen LogP contribution in [0.5, 0.6) is 0 Å². The van der Waals surface area contributed by atoms with Gasteiger partial charge in [-0.15, -0.1) is 11.8 Å². The van der Waals surface area contributed by atoms with Crippen LogP contribution in [0.1, 0.15) is 18.5 Å². The Morgan fingerprint density at radius 3 is 3.00 bits per heavy atom. The fourth-order valence-corrected chi connectivity index (χ4v) is 2.55. The van der Waals surface area contributed by atoms with E-state index in [4.69, 9.17) is 0 Å². The number of carbonyl (C=O) groups excluding carboxylic acids is 1. The molecule has 2 unspecified atom stereocenters. The van der Waals surface area contributed by atoms with Crippen LogP contribution < -0.4 is 10.6 Å². The molecule has 1 aromatic rings. The van der Waals surface area contributed by atoms with Crippen molar-refractivity contribution < 1.29 is 4.79 Å². The van der Waals surface area contributed by atoms with Crippen molar-refractivity contribution in [2.45, 2.75) is 19.0 Å². The molecule has 0 spiro atoms. The molecule has 1 saturated heterocycles. The van der Waals surface area contributed by atoms with Crippen molar-refractivity contribution in [3.8, 4) is 0 Å². The molecule has 1 aliphatic rings. The lowest BCUT2D eigenvalue weighted by atomic mass is 10.1. The normalized spacial score (nSPS) is 21.7. The first-order valence-corrected chi connectivity index (χ1v) is 6.44. The number of amides is 1. The largest absolute Gasteiger partial charge is 0.348 e. The van der Waals surface area contributed by atoms with Crippen LogP contribution in [0, 0.1) is 0 Å². The fourth-order valence-electron chi connectivity index (χ4n) is 1.61. The standard InChI is InChI=1S/C11H15N3OS/c1-8(9-2-4-12-5-3-9)14-11(15)10-6-16-7-13-10/h2-5,8,10,13H,6-7H2,1H3,(H,14,15). The summed E-state index contributed by atoms with van der Waals surface area (Å²) in [5.74, 6) is 1.80. The van der Waals surface area contributed by atoms with E-state index in [9.17, 15) is 4.79 Å². The number of hydrogen-bond acceptors (Lipinski definition) is 4. The average Bonchev–Trinajstić information content (AvgIpc) is 2.83. The van der Waals surface area contributed by atoms with E-state index in [1.165, 1.54) is 0 Å². The van der Waals surface area contributed by atoms with Gasteiger partial charge < -0.3 is 5.32 Å². The molecule has 2 atom stereocenters. The highest BCUT2D eigenvalue weighted by Crippen LogP contribution is 2.13. The number of hydrogen-bond donors (Lipinski definition) is 2. The maximum atomic E-state index is 11.8. The summed E-state index contributed by atoms with van der Waals surface area (Å²) < 4.78 is 0. The zero-order chi connectivity index (χ0) is 11.4. The van der Waals surface area contributed by atoms with E-state index >= 15 is 0 Å². The topological polar surface area (TPSA) is 54.0 Å². The zero-order valence-corrected chi connectivity index (χ0v) is 9.96. The number of nitrogens with one attached hydrogen (secondary N) is 2. The highest BCUT2D eigenvalue weighted by Gasteiger charge is 2.23. The summed E-state index contributed by atoms with van der Waals surface area (Å²) >= 11 is 1.75. The molecule has 0 radical (unpaired) electrons. The highest BCUT2D eigenvalue weighted by atomic mass is 32.2. The van der Waals surface area contributed by atoms with Gasteiger partial charge in [0, 0.05) is 24.0 Å². The van der Waals surface area contributed by atoms with Gasteiger partial charge in [0.1, 0.15) is 0 Å². The van der Waals surface area contributed by atoms with Crippen molar-refractivity contribution in [3.05, 3.63) is 30.1 Å². The smallest absolute Gasteiger partial charge is 0.238 e. The van der Waals surface area contributed by atoms with Crippen LogP contribution in [0.15, 0.2) is 24.5 Å². The molecule has 0 aliphatic carbocycles. The molecule has 4 nitrogen and oxygen atoms in total. The molecule has 1 fully saturated rings. The van der Waals surface area contributed by atoms with Gasteiger partial charge in [-0.25, -0.2) is 0 Å². The van der Waals surface area contributed by atoms with Crippen molar-refractivity contribution in [3.63, 3.8) is 0 Å². The van der Waals surface area contributed by atoms with Gasteiger partial charge in [0.05, 0.1) is 12.1 Å². The van der Waals surface area contributed by atoms with Crippen LogP contribution in [-0.4, -0.2) is 28.6 Å². The summed E-state index contributed by atoms with van der Waals surface area (Å²) in [4.78, 5) is 15.8. The Morgan fingerprint density at radius 1 is 1.62 bits per heavy atom. The second-order valence-corrected chi connectivity index (χ2v) is 4.81. The van der Waals surface area contributed by atoms with Crippen molar-refractivity contribution in [2.24, 2.45) is 0 Å². The summed E-state index contributed by atoms with van der Waals surface area (Å²) in [6, 6.07) is 3.82. The average molecular weight is 237 g/mol. The first-order valence-electron chi connectivity index (χ1n) is 5.29. The first-order chi connectivity index (χ1) is 7.77. The lowest BCUT2D eigenvalue weighted by Gasteiger charge is -2.16. The molecule has 16 heavy (non-hydrogen) atoms. The number of aromatic nitrogens is 1. The van der Waals surface area contributed by atoms with Gasteiger partial charge in [-0.1, -0.05) is 0 Å². The fraction of sp³-hybridized carbons (Fsp3) is 0.455. The predicted octanol–water partition coefficient (Wildman–Crippen LogP) is 0.921. The summed E-state index contributed by atoms with van der Waals surface area (Å²) in [5, 5.41) is 6.15. The molecule has 0 bridgehead atoms. The molecule has 2 heterocycles. The van der Waals surface area contributed by atoms with Crippen molar-refractivity contribution in [1.82, 2.24) is 15.6 Å². The third kappa shape index (κ3) is 2.74. The number of pyridine rings is 1. The van der Waals surface area contributed by atoms with Gasteiger partial charge in [0.15, 0.2) is 0 Å².